The smallest absolute Gasteiger partial charge is 0.251 e. The maximum atomic E-state index is 13.9. The average Bonchev–Trinajstić information content (AvgIpc) is 2.90. The zero-order valence-electron chi connectivity index (χ0n) is 24.3. The number of hydrogen-bond acceptors (Lipinski definition) is 5. The van der Waals surface area contributed by atoms with Crippen molar-refractivity contribution in [3.05, 3.63) is 106 Å². The fraction of sp³-hybridized carbons (Fsp3) is 0.406. The highest BCUT2D eigenvalue weighted by atomic mass is 35.5. The Kier molecular flexibility index (Phi) is 14.4. The van der Waals surface area contributed by atoms with Crippen molar-refractivity contribution in [2.24, 2.45) is 0 Å². The summed E-state index contributed by atoms with van der Waals surface area (Å²) in [6, 6.07) is 16.3. The van der Waals surface area contributed by atoms with Crippen molar-refractivity contribution in [2.45, 2.75) is 51.9 Å². The van der Waals surface area contributed by atoms with Gasteiger partial charge in [-0.25, -0.2) is 8.78 Å². The Bertz CT molecular complexity index is 1240. The summed E-state index contributed by atoms with van der Waals surface area (Å²) in [5.41, 5.74) is 5.03. The number of benzene rings is 3. The van der Waals surface area contributed by atoms with E-state index in [-0.39, 0.29) is 31.3 Å². The number of nitrogens with zero attached hydrogens (tertiary/aromatic N) is 1. The lowest BCUT2D eigenvalue weighted by molar-refractivity contribution is 0.0829. The SMILES string of the molecule is CCc1cccc(CNC[C@H](O)[C@H](Cc2cc(F)cc(F)c2)NC(=O)c2cc(C)cc(CN(C)CCOC)c2)c1.Cl. The number of carbonyl (C=O) groups excluding carboxylic acids is 1. The molecule has 3 N–H and O–H groups in total. The maximum absolute atomic E-state index is 13.9. The van der Waals surface area contributed by atoms with Crippen LogP contribution in [0.1, 0.15) is 45.1 Å². The number of aliphatic hydroxyl groups excluding tert-OH is 1. The number of rotatable bonds is 15. The number of nitrogens with one attached hydrogen (secondary N) is 2. The van der Waals surface area contributed by atoms with Crippen LogP contribution in [0.2, 0.25) is 0 Å². The first-order chi connectivity index (χ1) is 19.2. The van der Waals surface area contributed by atoms with Crippen LogP contribution < -0.4 is 10.6 Å². The van der Waals surface area contributed by atoms with E-state index >= 15 is 0 Å². The lowest BCUT2D eigenvalue weighted by Gasteiger charge is -2.25. The molecular formula is C32H42ClF2N3O3. The van der Waals surface area contributed by atoms with Gasteiger partial charge in [0.15, 0.2) is 0 Å². The molecule has 2 atom stereocenters. The normalized spacial score (nSPS) is 12.6. The third kappa shape index (κ3) is 11.5. The van der Waals surface area contributed by atoms with E-state index in [9.17, 15) is 18.7 Å². The number of aryl methyl sites for hydroxylation is 2. The molecule has 3 rings (SSSR count). The summed E-state index contributed by atoms with van der Waals surface area (Å²) in [7, 11) is 3.64. The number of aliphatic hydroxyl groups is 1. The summed E-state index contributed by atoms with van der Waals surface area (Å²) >= 11 is 0. The Hall–Kier alpha value is -2.88. The van der Waals surface area contributed by atoms with E-state index in [4.69, 9.17) is 4.74 Å². The lowest BCUT2D eigenvalue weighted by Crippen LogP contribution is -2.48. The zero-order valence-corrected chi connectivity index (χ0v) is 25.1. The molecule has 0 aliphatic carbocycles. The summed E-state index contributed by atoms with van der Waals surface area (Å²) in [4.78, 5) is 15.5. The van der Waals surface area contributed by atoms with E-state index in [1.54, 1.807) is 13.2 Å². The van der Waals surface area contributed by atoms with Crippen molar-refractivity contribution in [1.29, 1.82) is 0 Å². The van der Waals surface area contributed by atoms with Crippen LogP contribution in [0.4, 0.5) is 8.78 Å². The van der Waals surface area contributed by atoms with Gasteiger partial charge in [0.1, 0.15) is 11.6 Å². The third-order valence-electron chi connectivity index (χ3n) is 6.77. The van der Waals surface area contributed by atoms with Gasteiger partial charge in [-0.2, -0.15) is 0 Å². The van der Waals surface area contributed by atoms with Crippen molar-refractivity contribution in [1.82, 2.24) is 15.5 Å². The number of ether oxygens (including phenoxy) is 1. The Morgan fingerprint density at radius 2 is 1.71 bits per heavy atom. The molecule has 0 aliphatic rings. The largest absolute Gasteiger partial charge is 0.390 e. The number of likely N-dealkylation sites (N-methyl/N-ethyl adjacent to an activating group) is 1. The number of halogens is 3. The van der Waals surface area contributed by atoms with E-state index in [1.165, 1.54) is 17.7 Å². The van der Waals surface area contributed by atoms with Crippen LogP contribution in [0.15, 0.2) is 60.7 Å². The van der Waals surface area contributed by atoms with E-state index in [0.717, 1.165) is 35.7 Å². The second-order valence-electron chi connectivity index (χ2n) is 10.4. The Morgan fingerprint density at radius 3 is 2.39 bits per heavy atom. The second kappa shape index (κ2) is 17.2. The Labute approximate surface area is 248 Å². The van der Waals surface area contributed by atoms with E-state index < -0.39 is 23.8 Å². The predicted molar refractivity (Wildman–Crippen MR) is 161 cm³/mol. The first-order valence-electron chi connectivity index (χ1n) is 13.7. The molecule has 9 heteroatoms. The van der Waals surface area contributed by atoms with Crippen LogP contribution in [-0.4, -0.2) is 61.9 Å². The van der Waals surface area contributed by atoms with Gasteiger partial charge >= 0.3 is 0 Å². The Balaban J connectivity index is 0.00000588. The molecule has 0 aromatic heterocycles. The van der Waals surface area contributed by atoms with Gasteiger partial charge in [-0.15, -0.1) is 12.4 Å². The zero-order chi connectivity index (χ0) is 29.1. The van der Waals surface area contributed by atoms with Crippen LogP contribution in [0, 0.1) is 18.6 Å². The quantitative estimate of drug-likeness (QED) is 0.237. The number of methoxy groups -OCH3 is 1. The van der Waals surface area contributed by atoms with Gasteiger partial charge in [-0.05, 0) is 73.3 Å². The van der Waals surface area contributed by atoms with Crippen LogP contribution in [-0.2, 0) is 30.7 Å². The molecule has 0 radical (unpaired) electrons. The first kappa shape index (κ1) is 34.3. The van der Waals surface area contributed by atoms with Gasteiger partial charge < -0.3 is 20.5 Å². The van der Waals surface area contributed by atoms with E-state index in [0.29, 0.717) is 30.8 Å². The topological polar surface area (TPSA) is 73.8 Å². The minimum Gasteiger partial charge on any atom is -0.390 e. The molecule has 0 heterocycles. The predicted octanol–water partition coefficient (Wildman–Crippen LogP) is 4.83. The molecule has 0 aliphatic heterocycles. The van der Waals surface area contributed by atoms with Gasteiger partial charge in [-0.1, -0.05) is 42.8 Å². The molecule has 1 amide bonds. The van der Waals surface area contributed by atoms with Crippen LogP contribution >= 0.6 is 12.4 Å². The van der Waals surface area contributed by atoms with Crippen molar-refractivity contribution < 1.29 is 23.4 Å². The van der Waals surface area contributed by atoms with E-state index in [1.807, 2.05) is 38.2 Å². The van der Waals surface area contributed by atoms with Crippen molar-refractivity contribution in [3.8, 4) is 0 Å². The summed E-state index contributed by atoms with van der Waals surface area (Å²) < 4.78 is 33.0. The molecule has 3 aromatic rings. The Morgan fingerprint density at radius 1 is 1.00 bits per heavy atom. The molecule has 3 aromatic carbocycles. The molecule has 0 saturated carbocycles. The van der Waals surface area contributed by atoms with Crippen LogP contribution in [0.5, 0.6) is 0 Å². The molecule has 41 heavy (non-hydrogen) atoms. The minimum atomic E-state index is -1.01. The average molecular weight is 590 g/mol. The van der Waals surface area contributed by atoms with Gasteiger partial charge in [0.2, 0.25) is 0 Å². The minimum absolute atomic E-state index is 0. The number of amides is 1. The highest BCUT2D eigenvalue weighted by molar-refractivity contribution is 5.94. The summed E-state index contributed by atoms with van der Waals surface area (Å²) in [6.07, 6.45) is -0.0135. The van der Waals surface area contributed by atoms with Gasteiger partial charge in [0.25, 0.3) is 5.91 Å². The number of carbonyl (C=O) groups is 1. The van der Waals surface area contributed by atoms with Gasteiger partial charge in [-0.3, -0.25) is 9.69 Å². The standard InChI is InChI=1S/C32H41F2N3O3.ClH/c1-5-23-7-6-8-24(13-23)19-35-20-31(38)30(17-25-15-28(33)18-29(34)16-25)36-32(39)27-12-22(2)11-26(14-27)21-37(3)9-10-40-4;/h6-8,11-16,18,30-31,35,38H,5,9-10,17,19-21H2,1-4H3,(H,36,39);1H/t30-,31-;/m0./s1. The summed E-state index contributed by atoms with van der Waals surface area (Å²) in [5, 5.41) is 17.3. The molecule has 0 fully saturated rings. The monoisotopic (exact) mass is 589 g/mol. The van der Waals surface area contributed by atoms with Crippen LogP contribution in [0.3, 0.4) is 0 Å². The number of hydrogen-bond donors (Lipinski definition) is 3. The van der Waals surface area contributed by atoms with E-state index in [2.05, 4.69) is 34.6 Å². The fourth-order valence-electron chi connectivity index (χ4n) is 4.71. The summed E-state index contributed by atoms with van der Waals surface area (Å²) in [5.74, 6) is -1.77. The van der Waals surface area contributed by atoms with Crippen molar-refractivity contribution in [2.75, 3.05) is 33.9 Å². The molecular weight excluding hydrogens is 548 g/mol. The highest BCUT2D eigenvalue weighted by Crippen LogP contribution is 2.15. The molecule has 224 valence electrons. The first-order valence-corrected chi connectivity index (χ1v) is 13.7. The van der Waals surface area contributed by atoms with Crippen molar-refractivity contribution >= 4 is 18.3 Å². The molecule has 0 spiro atoms. The van der Waals surface area contributed by atoms with Crippen molar-refractivity contribution in [3.63, 3.8) is 0 Å². The maximum Gasteiger partial charge on any atom is 0.251 e. The lowest BCUT2D eigenvalue weighted by atomic mass is 9.99. The fourth-order valence-corrected chi connectivity index (χ4v) is 4.71. The third-order valence-corrected chi connectivity index (χ3v) is 6.77. The molecule has 0 bridgehead atoms. The van der Waals surface area contributed by atoms with Crippen LogP contribution in [0.25, 0.3) is 0 Å². The highest BCUT2D eigenvalue weighted by Gasteiger charge is 2.23. The molecule has 0 unspecified atom stereocenters. The molecule has 0 saturated heterocycles. The second-order valence-corrected chi connectivity index (χ2v) is 10.4. The molecule has 6 nitrogen and oxygen atoms in total. The van der Waals surface area contributed by atoms with Gasteiger partial charge in [0.05, 0.1) is 18.8 Å². The summed E-state index contributed by atoms with van der Waals surface area (Å²) in [6.45, 7) is 6.74. The van der Waals surface area contributed by atoms with Gasteiger partial charge in [0, 0.05) is 44.9 Å².